The summed E-state index contributed by atoms with van der Waals surface area (Å²) >= 11 is 1.45. The van der Waals surface area contributed by atoms with E-state index in [1.807, 2.05) is 12.3 Å². The molecule has 0 saturated heterocycles. The van der Waals surface area contributed by atoms with Crippen molar-refractivity contribution in [1.29, 1.82) is 0 Å². The van der Waals surface area contributed by atoms with Crippen LogP contribution in [0.15, 0.2) is 47.8 Å². The van der Waals surface area contributed by atoms with Gasteiger partial charge in [-0.3, -0.25) is 10.1 Å². The summed E-state index contributed by atoms with van der Waals surface area (Å²) < 4.78 is 2.09. The smallest absolute Gasteiger partial charge is 0.274 e. The highest BCUT2D eigenvalue weighted by Gasteiger charge is 2.21. The van der Waals surface area contributed by atoms with Crippen LogP contribution in [-0.2, 0) is 13.0 Å². The molecule has 0 radical (unpaired) electrons. The summed E-state index contributed by atoms with van der Waals surface area (Å²) in [6, 6.07) is 14.7. The number of aryl methyl sites for hydroxylation is 4. The fourth-order valence-electron chi connectivity index (χ4n) is 3.76. The van der Waals surface area contributed by atoms with Crippen molar-refractivity contribution in [3.8, 4) is 11.3 Å². The Balaban J connectivity index is 1.66. The number of thiazole rings is 1. The van der Waals surface area contributed by atoms with Gasteiger partial charge in [0.05, 0.1) is 5.69 Å². The fraction of sp³-hybridized carbons (Fsp3) is 0.250. The number of nitrogens with one attached hydrogen (secondary N) is 1. The van der Waals surface area contributed by atoms with E-state index in [4.69, 9.17) is 0 Å². The Morgan fingerprint density at radius 2 is 1.86 bits per heavy atom. The third kappa shape index (κ3) is 3.58. The lowest BCUT2D eigenvalue weighted by Crippen LogP contribution is -2.17. The maximum Gasteiger partial charge on any atom is 0.274 e. The van der Waals surface area contributed by atoms with Crippen LogP contribution in [0.3, 0.4) is 0 Å². The fourth-order valence-corrected chi connectivity index (χ4v) is 4.47. The first-order chi connectivity index (χ1) is 14.0. The van der Waals surface area contributed by atoms with E-state index in [1.165, 1.54) is 22.5 Å². The highest BCUT2D eigenvalue weighted by molar-refractivity contribution is 7.14. The predicted molar refractivity (Wildman–Crippen MR) is 122 cm³/mol. The molecule has 29 heavy (non-hydrogen) atoms. The Bertz CT molecular complexity index is 1190. The average Bonchev–Trinajstić information content (AvgIpc) is 3.30. The van der Waals surface area contributed by atoms with Gasteiger partial charge in [-0.2, -0.15) is 0 Å². The summed E-state index contributed by atoms with van der Waals surface area (Å²) in [5.74, 6) is -0.108. The van der Waals surface area contributed by atoms with Gasteiger partial charge in [0, 0.05) is 28.4 Å². The summed E-state index contributed by atoms with van der Waals surface area (Å²) in [6.45, 7) is 9.06. The molecule has 1 amide bonds. The van der Waals surface area contributed by atoms with E-state index in [1.54, 1.807) is 0 Å². The van der Waals surface area contributed by atoms with Gasteiger partial charge < -0.3 is 4.57 Å². The molecule has 2 aromatic carbocycles. The first kappa shape index (κ1) is 19.4. The van der Waals surface area contributed by atoms with E-state index < -0.39 is 0 Å². The van der Waals surface area contributed by atoms with Gasteiger partial charge >= 0.3 is 0 Å². The van der Waals surface area contributed by atoms with Crippen LogP contribution >= 0.6 is 11.3 Å². The molecule has 0 unspecified atom stereocenters. The molecule has 0 aliphatic heterocycles. The third-order valence-electron chi connectivity index (χ3n) is 5.39. The van der Waals surface area contributed by atoms with Crippen molar-refractivity contribution >= 4 is 33.3 Å². The van der Waals surface area contributed by atoms with Crippen molar-refractivity contribution in [3.05, 3.63) is 70.2 Å². The van der Waals surface area contributed by atoms with Gasteiger partial charge in [-0.15, -0.1) is 11.3 Å². The second kappa shape index (κ2) is 7.84. The van der Waals surface area contributed by atoms with Crippen molar-refractivity contribution in [3.63, 3.8) is 0 Å². The molecule has 0 bridgehead atoms. The molecule has 0 atom stereocenters. The largest absolute Gasteiger partial charge is 0.337 e. The molecule has 5 heteroatoms. The zero-order valence-electron chi connectivity index (χ0n) is 17.2. The van der Waals surface area contributed by atoms with E-state index in [0.29, 0.717) is 10.8 Å². The molecular weight excluding hydrogens is 378 g/mol. The molecule has 4 aromatic rings. The van der Waals surface area contributed by atoms with Crippen LogP contribution in [0.1, 0.15) is 41.0 Å². The number of aromatic nitrogens is 2. The lowest BCUT2D eigenvalue weighted by Gasteiger charge is -2.08. The molecule has 0 saturated carbocycles. The first-order valence-corrected chi connectivity index (χ1v) is 10.9. The number of amides is 1. The topological polar surface area (TPSA) is 46.9 Å². The standard InChI is InChI=1S/C24H25N3OS/c1-5-17-9-12-21-19(13-17)16(4)22(27(21)6-2)23(28)26-24-25-20(14-29-24)18-10-7-15(3)8-11-18/h7-14H,5-6H2,1-4H3,(H,25,26,28). The number of rotatable bonds is 5. The zero-order chi connectivity index (χ0) is 20.5. The Hall–Kier alpha value is -2.92. The molecule has 4 nitrogen and oxygen atoms in total. The molecule has 0 fully saturated rings. The van der Waals surface area contributed by atoms with Crippen LogP contribution in [-0.4, -0.2) is 15.5 Å². The minimum Gasteiger partial charge on any atom is -0.337 e. The zero-order valence-corrected chi connectivity index (χ0v) is 18.1. The first-order valence-electron chi connectivity index (χ1n) is 9.97. The summed E-state index contributed by atoms with van der Waals surface area (Å²) in [7, 11) is 0. The van der Waals surface area contributed by atoms with E-state index in [-0.39, 0.29) is 5.91 Å². The van der Waals surface area contributed by atoms with Gasteiger partial charge in [-0.25, -0.2) is 4.98 Å². The van der Waals surface area contributed by atoms with Crippen LogP contribution in [0.25, 0.3) is 22.2 Å². The van der Waals surface area contributed by atoms with Crippen LogP contribution in [0.4, 0.5) is 5.13 Å². The van der Waals surface area contributed by atoms with Gasteiger partial charge in [0.2, 0.25) is 0 Å². The highest BCUT2D eigenvalue weighted by atomic mass is 32.1. The van der Waals surface area contributed by atoms with Crippen molar-refractivity contribution in [2.75, 3.05) is 5.32 Å². The van der Waals surface area contributed by atoms with Crippen molar-refractivity contribution in [2.24, 2.45) is 0 Å². The monoisotopic (exact) mass is 403 g/mol. The Labute approximate surface area is 175 Å². The van der Waals surface area contributed by atoms with Gasteiger partial charge in [0.1, 0.15) is 5.69 Å². The Kier molecular flexibility index (Phi) is 5.24. The van der Waals surface area contributed by atoms with Gasteiger partial charge in [-0.1, -0.05) is 42.8 Å². The highest BCUT2D eigenvalue weighted by Crippen LogP contribution is 2.29. The molecule has 2 aromatic heterocycles. The number of carbonyl (C=O) groups is 1. The van der Waals surface area contributed by atoms with Gasteiger partial charge in [-0.05, 0) is 50.5 Å². The number of nitrogens with zero attached hydrogens (tertiary/aromatic N) is 2. The van der Waals surface area contributed by atoms with Gasteiger partial charge in [0.15, 0.2) is 5.13 Å². The Morgan fingerprint density at radius 1 is 1.10 bits per heavy atom. The average molecular weight is 404 g/mol. The maximum absolute atomic E-state index is 13.2. The SMILES string of the molecule is CCc1ccc2c(c1)c(C)c(C(=O)Nc1nc(-c3ccc(C)cc3)cs1)n2CC. The summed E-state index contributed by atoms with van der Waals surface area (Å²) in [4.78, 5) is 17.8. The third-order valence-corrected chi connectivity index (χ3v) is 6.15. The summed E-state index contributed by atoms with van der Waals surface area (Å²) in [5.41, 5.74) is 7.26. The summed E-state index contributed by atoms with van der Waals surface area (Å²) in [5, 5.41) is 6.76. The quantitative estimate of drug-likeness (QED) is 0.430. The van der Waals surface area contributed by atoms with Crippen LogP contribution in [0.2, 0.25) is 0 Å². The predicted octanol–water partition coefficient (Wildman–Crippen LogP) is 6.22. The van der Waals surface area contributed by atoms with E-state index in [9.17, 15) is 4.79 Å². The van der Waals surface area contributed by atoms with Gasteiger partial charge in [0.25, 0.3) is 5.91 Å². The number of fused-ring (bicyclic) bond motifs is 1. The molecule has 1 N–H and O–H groups in total. The minimum absolute atomic E-state index is 0.108. The molecule has 0 aliphatic carbocycles. The normalized spacial score (nSPS) is 11.2. The lowest BCUT2D eigenvalue weighted by molar-refractivity contribution is 0.101. The number of carbonyl (C=O) groups excluding carboxylic acids is 1. The summed E-state index contributed by atoms with van der Waals surface area (Å²) in [6.07, 6.45) is 0.981. The number of hydrogen-bond acceptors (Lipinski definition) is 3. The van der Waals surface area contributed by atoms with E-state index in [0.717, 1.165) is 40.7 Å². The van der Waals surface area contributed by atoms with Crippen molar-refractivity contribution in [1.82, 2.24) is 9.55 Å². The van der Waals surface area contributed by atoms with E-state index in [2.05, 4.69) is 78.1 Å². The van der Waals surface area contributed by atoms with Crippen molar-refractivity contribution in [2.45, 2.75) is 40.7 Å². The molecule has 4 rings (SSSR count). The molecular formula is C24H25N3OS. The molecule has 0 aliphatic rings. The maximum atomic E-state index is 13.2. The minimum atomic E-state index is -0.108. The van der Waals surface area contributed by atoms with E-state index >= 15 is 0 Å². The van der Waals surface area contributed by atoms with Crippen molar-refractivity contribution < 1.29 is 4.79 Å². The number of anilines is 1. The van der Waals surface area contributed by atoms with Crippen LogP contribution in [0, 0.1) is 13.8 Å². The molecule has 0 spiro atoms. The number of benzene rings is 2. The second-order valence-electron chi connectivity index (χ2n) is 7.28. The molecule has 2 heterocycles. The lowest BCUT2D eigenvalue weighted by atomic mass is 10.1. The van der Waals surface area contributed by atoms with Crippen LogP contribution in [0.5, 0.6) is 0 Å². The second-order valence-corrected chi connectivity index (χ2v) is 8.14. The molecule has 148 valence electrons. The number of hydrogen-bond donors (Lipinski definition) is 1. The Morgan fingerprint density at radius 3 is 2.55 bits per heavy atom. The van der Waals surface area contributed by atoms with Crippen LogP contribution < -0.4 is 5.32 Å².